The summed E-state index contributed by atoms with van der Waals surface area (Å²) < 4.78 is 1.98. The number of aromatic nitrogens is 3. The number of fused-ring (bicyclic) bond motifs is 1. The van der Waals surface area contributed by atoms with Crippen LogP contribution in [0.25, 0.3) is 10.9 Å². The summed E-state index contributed by atoms with van der Waals surface area (Å²) in [6.07, 6.45) is 6.09. The van der Waals surface area contributed by atoms with Crippen molar-refractivity contribution in [3.05, 3.63) is 101 Å². The Morgan fingerprint density at radius 3 is 2.68 bits per heavy atom. The van der Waals surface area contributed by atoms with E-state index in [9.17, 15) is 9.59 Å². The quantitative estimate of drug-likeness (QED) is 0.545. The third-order valence-corrected chi connectivity index (χ3v) is 4.74. The monoisotopic (exact) mass is 372 g/mol. The van der Waals surface area contributed by atoms with Gasteiger partial charge in [0.05, 0.1) is 17.9 Å². The number of pyridine rings is 1. The van der Waals surface area contributed by atoms with Crippen molar-refractivity contribution < 1.29 is 4.79 Å². The number of benzene rings is 2. The van der Waals surface area contributed by atoms with Crippen LogP contribution in [-0.2, 0) is 6.54 Å². The second kappa shape index (κ2) is 7.92. The topological polar surface area (TPSA) is 79.8 Å². The highest BCUT2D eigenvalue weighted by Gasteiger charge is 2.18. The molecule has 140 valence electrons. The van der Waals surface area contributed by atoms with Crippen LogP contribution in [0.5, 0.6) is 0 Å². The van der Waals surface area contributed by atoms with Crippen LogP contribution in [0.1, 0.15) is 28.4 Å². The van der Waals surface area contributed by atoms with Crippen LogP contribution in [0, 0.1) is 0 Å². The fraction of sp³-hybridized carbons (Fsp3) is 0.136. The van der Waals surface area contributed by atoms with Gasteiger partial charge in [0.15, 0.2) is 0 Å². The first-order chi connectivity index (χ1) is 13.7. The summed E-state index contributed by atoms with van der Waals surface area (Å²) in [4.78, 5) is 31.9. The van der Waals surface area contributed by atoms with Gasteiger partial charge in [-0.05, 0) is 18.1 Å². The van der Waals surface area contributed by atoms with E-state index in [0.29, 0.717) is 17.5 Å². The molecule has 0 aliphatic heterocycles. The van der Waals surface area contributed by atoms with Gasteiger partial charge in [-0.3, -0.25) is 9.59 Å². The Labute approximate surface area is 161 Å². The van der Waals surface area contributed by atoms with Crippen LogP contribution in [0.4, 0.5) is 0 Å². The number of hydrogen-bond acceptors (Lipinski definition) is 3. The summed E-state index contributed by atoms with van der Waals surface area (Å²) in [5, 5.41) is 3.83. The lowest BCUT2D eigenvalue weighted by atomic mass is 10.0. The third kappa shape index (κ3) is 3.86. The molecule has 0 bridgehead atoms. The van der Waals surface area contributed by atoms with Crippen molar-refractivity contribution in [3.8, 4) is 0 Å². The molecule has 2 N–H and O–H groups in total. The average Bonchev–Trinajstić information content (AvgIpc) is 3.24. The molecule has 28 heavy (non-hydrogen) atoms. The normalized spacial score (nSPS) is 12.0. The predicted molar refractivity (Wildman–Crippen MR) is 108 cm³/mol. The van der Waals surface area contributed by atoms with Crippen LogP contribution >= 0.6 is 0 Å². The van der Waals surface area contributed by atoms with Gasteiger partial charge >= 0.3 is 0 Å². The predicted octanol–water partition coefficient (Wildman–Crippen LogP) is 3.29. The van der Waals surface area contributed by atoms with E-state index in [0.717, 1.165) is 17.5 Å². The van der Waals surface area contributed by atoms with Gasteiger partial charge in [-0.2, -0.15) is 0 Å². The molecule has 0 spiro atoms. The van der Waals surface area contributed by atoms with E-state index >= 15 is 0 Å². The van der Waals surface area contributed by atoms with Crippen molar-refractivity contribution in [1.29, 1.82) is 0 Å². The number of H-pyrrole nitrogens is 1. The van der Waals surface area contributed by atoms with E-state index in [1.54, 1.807) is 18.6 Å². The number of imidazole rings is 1. The lowest BCUT2D eigenvalue weighted by molar-refractivity contribution is 0.0935. The molecule has 0 aliphatic carbocycles. The first-order valence-electron chi connectivity index (χ1n) is 9.14. The summed E-state index contributed by atoms with van der Waals surface area (Å²) in [5.41, 5.74) is 1.75. The summed E-state index contributed by atoms with van der Waals surface area (Å²) in [6.45, 7) is 0.718. The third-order valence-electron chi connectivity index (χ3n) is 4.74. The fourth-order valence-corrected chi connectivity index (χ4v) is 3.33. The van der Waals surface area contributed by atoms with Gasteiger partial charge in [0.25, 0.3) is 5.91 Å². The van der Waals surface area contributed by atoms with Crippen molar-refractivity contribution in [1.82, 2.24) is 19.9 Å². The number of aromatic amines is 1. The maximum Gasteiger partial charge on any atom is 0.252 e. The van der Waals surface area contributed by atoms with Crippen LogP contribution in [0.2, 0.25) is 0 Å². The van der Waals surface area contributed by atoms with Crippen molar-refractivity contribution >= 4 is 16.8 Å². The Morgan fingerprint density at radius 1 is 1.11 bits per heavy atom. The molecule has 6 heteroatoms. The Morgan fingerprint density at radius 2 is 1.89 bits per heavy atom. The minimum absolute atomic E-state index is 0.186. The zero-order chi connectivity index (χ0) is 19.3. The number of carbonyl (C=O) groups excluding carboxylic acids is 1. The number of hydrogen-bond donors (Lipinski definition) is 2. The number of amides is 1. The average molecular weight is 372 g/mol. The lowest BCUT2D eigenvalue weighted by Crippen LogP contribution is -2.30. The smallest absolute Gasteiger partial charge is 0.252 e. The van der Waals surface area contributed by atoms with E-state index in [4.69, 9.17) is 0 Å². The zero-order valence-electron chi connectivity index (χ0n) is 15.2. The van der Waals surface area contributed by atoms with Gasteiger partial charge in [0.2, 0.25) is 5.56 Å². The molecule has 0 aliphatic rings. The van der Waals surface area contributed by atoms with Gasteiger partial charge in [0, 0.05) is 35.9 Å². The van der Waals surface area contributed by atoms with Gasteiger partial charge in [0.1, 0.15) is 0 Å². The fourth-order valence-electron chi connectivity index (χ4n) is 3.33. The summed E-state index contributed by atoms with van der Waals surface area (Å²) in [6, 6.07) is 18.3. The molecular weight excluding hydrogens is 352 g/mol. The summed E-state index contributed by atoms with van der Waals surface area (Å²) in [7, 11) is 0. The SMILES string of the molecule is O=C(N[C@@H](CCn1ccnc1)c1ccccc1)c1cc(=O)[nH]c2ccccc12. The molecule has 2 heterocycles. The standard InChI is InChI=1S/C22H20N4O2/c27-21-14-18(17-8-4-5-9-20(17)24-21)22(28)25-19(16-6-2-1-3-7-16)10-12-26-13-11-23-15-26/h1-9,11,13-15,19H,10,12H2,(H,24,27)(H,25,28)/t19-/m0/s1. The second-order valence-electron chi connectivity index (χ2n) is 6.62. The van der Waals surface area contributed by atoms with E-state index in [1.807, 2.05) is 59.3 Å². The van der Waals surface area contributed by atoms with Crippen LogP contribution < -0.4 is 10.9 Å². The number of carbonyl (C=O) groups is 1. The van der Waals surface area contributed by atoms with E-state index in [-0.39, 0.29) is 17.5 Å². The molecule has 0 radical (unpaired) electrons. The first-order valence-corrected chi connectivity index (χ1v) is 9.14. The van der Waals surface area contributed by atoms with Crippen LogP contribution in [0.15, 0.2) is 84.2 Å². The number of para-hydroxylation sites is 1. The van der Waals surface area contributed by atoms with E-state index in [1.165, 1.54) is 6.07 Å². The number of nitrogens with zero attached hydrogens (tertiary/aromatic N) is 2. The molecule has 2 aromatic carbocycles. The molecule has 0 saturated carbocycles. The molecule has 1 atom stereocenters. The number of rotatable bonds is 6. The molecule has 0 fully saturated rings. The molecule has 1 amide bonds. The highest BCUT2D eigenvalue weighted by atomic mass is 16.2. The van der Waals surface area contributed by atoms with Crippen molar-refractivity contribution in [3.63, 3.8) is 0 Å². The van der Waals surface area contributed by atoms with Gasteiger partial charge in [-0.15, -0.1) is 0 Å². The largest absolute Gasteiger partial charge is 0.345 e. The van der Waals surface area contributed by atoms with Crippen LogP contribution in [-0.4, -0.2) is 20.4 Å². The number of aryl methyl sites for hydroxylation is 1. The van der Waals surface area contributed by atoms with E-state index in [2.05, 4.69) is 15.3 Å². The van der Waals surface area contributed by atoms with E-state index < -0.39 is 0 Å². The number of nitrogens with one attached hydrogen (secondary N) is 2. The Bertz CT molecular complexity index is 1130. The van der Waals surface area contributed by atoms with Crippen molar-refractivity contribution in [2.45, 2.75) is 19.0 Å². The van der Waals surface area contributed by atoms with Gasteiger partial charge in [-0.25, -0.2) is 4.98 Å². The molecule has 4 rings (SSSR count). The molecule has 4 aromatic rings. The van der Waals surface area contributed by atoms with Gasteiger partial charge < -0.3 is 14.9 Å². The van der Waals surface area contributed by atoms with Gasteiger partial charge in [-0.1, -0.05) is 48.5 Å². The highest BCUT2D eigenvalue weighted by molar-refractivity contribution is 6.06. The Balaban J connectivity index is 1.63. The summed E-state index contributed by atoms with van der Waals surface area (Å²) >= 11 is 0. The molecule has 0 saturated heterocycles. The highest BCUT2D eigenvalue weighted by Crippen LogP contribution is 2.20. The van der Waals surface area contributed by atoms with Crippen molar-refractivity contribution in [2.75, 3.05) is 0 Å². The summed E-state index contributed by atoms with van der Waals surface area (Å²) in [5.74, 6) is -0.262. The second-order valence-corrected chi connectivity index (χ2v) is 6.62. The first kappa shape index (κ1) is 17.7. The lowest BCUT2D eigenvalue weighted by Gasteiger charge is -2.20. The molecular formula is C22H20N4O2. The Kier molecular flexibility index (Phi) is 5.01. The molecule has 6 nitrogen and oxygen atoms in total. The van der Waals surface area contributed by atoms with Crippen molar-refractivity contribution in [2.24, 2.45) is 0 Å². The van der Waals surface area contributed by atoms with Crippen LogP contribution in [0.3, 0.4) is 0 Å². The maximum atomic E-state index is 13.1. The molecule has 0 unspecified atom stereocenters. The minimum Gasteiger partial charge on any atom is -0.345 e. The molecule has 2 aromatic heterocycles. The minimum atomic E-state index is -0.293. The zero-order valence-corrected chi connectivity index (χ0v) is 15.2. The maximum absolute atomic E-state index is 13.1. The Hall–Kier alpha value is -3.67.